The molecular weight excluding hydrogens is 295 g/mol. The first-order chi connectivity index (χ1) is 10.9. The molecule has 0 aliphatic heterocycles. The van der Waals surface area contributed by atoms with Gasteiger partial charge in [0.15, 0.2) is 5.96 Å². The number of nitrogens with two attached hydrogens (primary N) is 1. The number of nitrogens with one attached hydrogen (secondary N) is 2. The average molecular weight is 322 g/mol. The highest BCUT2D eigenvalue weighted by Crippen LogP contribution is 2.09. The van der Waals surface area contributed by atoms with E-state index >= 15 is 0 Å². The van der Waals surface area contributed by atoms with Gasteiger partial charge in [-0.25, -0.2) is 4.39 Å². The highest BCUT2D eigenvalue weighted by Gasteiger charge is 2.16. The highest BCUT2D eigenvalue weighted by atomic mass is 19.1. The Balaban J connectivity index is 2.65. The fourth-order valence-electron chi connectivity index (χ4n) is 2.01. The number of primary amides is 1. The lowest BCUT2D eigenvalue weighted by Crippen LogP contribution is -2.43. The van der Waals surface area contributed by atoms with E-state index in [1.807, 2.05) is 6.92 Å². The van der Waals surface area contributed by atoms with Gasteiger partial charge in [-0.2, -0.15) is 0 Å². The van der Waals surface area contributed by atoms with E-state index < -0.39 is 0 Å². The van der Waals surface area contributed by atoms with Crippen LogP contribution in [0.1, 0.15) is 26.3 Å². The van der Waals surface area contributed by atoms with E-state index in [2.05, 4.69) is 29.5 Å². The molecule has 0 fully saturated rings. The van der Waals surface area contributed by atoms with Crippen LogP contribution in [-0.2, 0) is 11.2 Å². The van der Waals surface area contributed by atoms with E-state index in [-0.39, 0.29) is 17.6 Å². The van der Waals surface area contributed by atoms with Gasteiger partial charge in [-0.3, -0.25) is 9.79 Å². The second-order valence-electron chi connectivity index (χ2n) is 5.92. The number of aliphatic imine (C=N–C) groups is 1. The topological polar surface area (TPSA) is 79.5 Å². The molecule has 0 aromatic heterocycles. The summed E-state index contributed by atoms with van der Waals surface area (Å²) in [6.07, 6.45) is 0.464. The molecule has 0 heterocycles. The predicted octanol–water partition coefficient (Wildman–Crippen LogP) is 1.68. The van der Waals surface area contributed by atoms with Crippen LogP contribution >= 0.6 is 0 Å². The zero-order chi connectivity index (χ0) is 17.2. The number of carbonyl (C=O) groups is 1. The number of amides is 1. The molecule has 6 heteroatoms. The van der Waals surface area contributed by atoms with Crippen molar-refractivity contribution in [2.75, 3.05) is 19.6 Å². The van der Waals surface area contributed by atoms with Gasteiger partial charge in [0.05, 0.1) is 5.92 Å². The van der Waals surface area contributed by atoms with E-state index in [1.54, 1.807) is 12.1 Å². The summed E-state index contributed by atoms with van der Waals surface area (Å²) in [6.45, 7) is 7.99. The lowest BCUT2D eigenvalue weighted by atomic mass is 9.98. The van der Waals surface area contributed by atoms with Gasteiger partial charge in [0, 0.05) is 19.6 Å². The fourth-order valence-corrected chi connectivity index (χ4v) is 2.01. The molecule has 0 bridgehead atoms. The molecule has 5 nitrogen and oxygen atoms in total. The summed E-state index contributed by atoms with van der Waals surface area (Å²) in [6, 6.07) is 6.11. The fraction of sp³-hybridized carbons (Fsp3) is 0.529. The smallest absolute Gasteiger partial charge is 0.222 e. The molecule has 4 N–H and O–H groups in total. The quantitative estimate of drug-likeness (QED) is 0.503. The maximum absolute atomic E-state index is 12.9. The van der Waals surface area contributed by atoms with E-state index in [0.717, 1.165) is 12.1 Å². The molecule has 1 unspecified atom stereocenters. The summed E-state index contributed by atoms with van der Waals surface area (Å²) in [5.74, 6) is 0.0609. The van der Waals surface area contributed by atoms with Crippen molar-refractivity contribution in [2.45, 2.75) is 27.2 Å². The van der Waals surface area contributed by atoms with Gasteiger partial charge in [-0.1, -0.05) is 26.0 Å². The second kappa shape index (κ2) is 9.82. The molecule has 128 valence electrons. The van der Waals surface area contributed by atoms with Gasteiger partial charge in [0.2, 0.25) is 5.91 Å². The van der Waals surface area contributed by atoms with Crippen LogP contribution < -0.4 is 16.4 Å². The molecule has 1 aromatic carbocycles. The van der Waals surface area contributed by atoms with Crippen molar-refractivity contribution in [3.8, 4) is 0 Å². The molecule has 0 aliphatic rings. The van der Waals surface area contributed by atoms with Gasteiger partial charge < -0.3 is 16.4 Å². The van der Waals surface area contributed by atoms with Crippen molar-refractivity contribution < 1.29 is 9.18 Å². The highest BCUT2D eigenvalue weighted by molar-refractivity contribution is 5.81. The Bertz CT molecular complexity index is 514. The third-order valence-corrected chi connectivity index (χ3v) is 3.27. The Morgan fingerprint density at radius 3 is 2.43 bits per heavy atom. The maximum atomic E-state index is 12.9. The van der Waals surface area contributed by atoms with Crippen LogP contribution in [0.4, 0.5) is 4.39 Å². The van der Waals surface area contributed by atoms with Gasteiger partial charge in [-0.15, -0.1) is 0 Å². The van der Waals surface area contributed by atoms with E-state index in [1.165, 1.54) is 12.1 Å². The molecule has 0 saturated carbocycles. The van der Waals surface area contributed by atoms with Crippen LogP contribution in [0.2, 0.25) is 0 Å². The molecule has 1 atom stereocenters. The number of carbonyl (C=O) groups excluding carboxylic acids is 1. The number of benzene rings is 1. The standard InChI is InChI=1S/C17H27FN4O/c1-4-20-17(21-10-12(2)3)22-11-14(16(19)23)9-13-5-7-15(18)8-6-13/h5-8,12,14H,4,9-11H2,1-3H3,(H2,19,23)(H2,20,21,22). The van der Waals surface area contributed by atoms with Crippen LogP contribution in [0.15, 0.2) is 29.3 Å². The Morgan fingerprint density at radius 2 is 1.91 bits per heavy atom. The van der Waals surface area contributed by atoms with E-state index in [4.69, 9.17) is 5.73 Å². The minimum absolute atomic E-state index is 0.294. The van der Waals surface area contributed by atoms with E-state index in [9.17, 15) is 9.18 Å². The van der Waals surface area contributed by atoms with Gasteiger partial charge >= 0.3 is 0 Å². The Morgan fingerprint density at radius 1 is 1.26 bits per heavy atom. The van der Waals surface area contributed by atoms with Crippen LogP contribution in [0.25, 0.3) is 0 Å². The number of halogens is 1. The Labute approximate surface area is 137 Å². The molecule has 23 heavy (non-hydrogen) atoms. The van der Waals surface area contributed by atoms with Crippen LogP contribution in [0, 0.1) is 17.7 Å². The summed E-state index contributed by atoms with van der Waals surface area (Å²) in [4.78, 5) is 16.1. The minimum atomic E-state index is -0.387. The molecule has 1 aromatic rings. The number of hydrogen-bond acceptors (Lipinski definition) is 2. The second-order valence-corrected chi connectivity index (χ2v) is 5.92. The zero-order valence-corrected chi connectivity index (χ0v) is 14.1. The lowest BCUT2D eigenvalue weighted by molar-refractivity contribution is -0.121. The first-order valence-electron chi connectivity index (χ1n) is 7.98. The molecular formula is C17H27FN4O. The third kappa shape index (κ3) is 7.63. The van der Waals surface area contributed by atoms with Crippen LogP contribution in [-0.4, -0.2) is 31.5 Å². The molecule has 1 rings (SSSR count). The predicted molar refractivity (Wildman–Crippen MR) is 91.6 cm³/mol. The average Bonchev–Trinajstić information content (AvgIpc) is 2.50. The monoisotopic (exact) mass is 322 g/mol. The SMILES string of the molecule is CCNC(=NCC(C)C)NCC(Cc1ccc(F)cc1)C(N)=O. The summed E-state index contributed by atoms with van der Waals surface area (Å²) < 4.78 is 12.9. The molecule has 0 aliphatic carbocycles. The van der Waals surface area contributed by atoms with Gasteiger partial charge in [0.1, 0.15) is 5.82 Å². The summed E-state index contributed by atoms with van der Waals surface area (Å²) in [7, 11) is 0. The van der Waals surface area contributed by atoms with Crippen molar-refractivity contribution in [1.82, 2.24) is 10.6 Å². The van der Waals surface area contributed by atoms with Crippen molar-refractivity contribution >= 4 is 11.9 Å². The first kappa shape index (κ1) is 18.9. The van der Waals surface area contributed by atoms with Crippen molar-refractivity contribution in [3.63, 3.8) is 0 Å². The largest absolute Gasteiger partial charge is 0.369 e. The Kier molecular flexibility index (Phi) is 8.08. The summed E-state index contributed by atoms with van der Waals surface area (Å²) in [5, 5.41) is 6.29. The lowest BCUT2D eigenvalue weighted by Gasteiger charge is -2.17. The molecule has 0 radical (unpaired) electrons. The van der Waals surface area contributed by atoms with Gasteiger partial charge in [-0.05, 0) is 37.0 Å². The van der Waals surface area contributed by atoms with Gasteiger partial charge in [0.25, 0.3) is 0 Å². The number of nitrogens with zero attached hydrogens (tertiary/aromatic N) is 1. The normalized spacial score (nSPS) is 13.0. The van der Waals surface area contributed by atoms with Crippen molar-refractivity contribution in [3.05, 3.63) is 35.6 Å². The molecule has 0 spiro atoms. The van der Waals surface area contributed by atoms with Crippen molar-refractivity contribution in [1.29, 1.82) is 0 Å². The van der Waals surface area contributed by atoms with Crippen molar-refractivity contribution in [2.24, 2.45) is 22.6 Å². The number of hydrogen-bond donors (Lipinski definition) is 3. The van der Waals surface area contributed by atoms with Crippen LogP contribution in [0.3, 0.4) is 0 Å². The molecule has 1 amide bonds. The third-order valence-electron chi connectivity index (χ3n) is 3.27. The first-order valence-corrected chi connectivity index (χ1v) is 7.98. The minimum Gasteiger partial charge on any atom is -0.369 e. The zero-order valence-electron chi connectivity index (χ0n) is 14.1. The summed E-state index contributed by atoms with van der Waals surface area (Å²) in [5.41, 5.74) is 6.36. The summed E-state index contributed by atoms with van der Waals surface area (Å²) >= 11 is 0. The number of guanidine groups is 1. The Hall–Kier alpha value is -2.11. The van der Waals surface area contributed by atoms with Crippen LogP contribution in [0.5, 0.6) is 0 Å². The molecule has 0 saturated heterocycles. The van der Waals surface area contributed by atoms with E-state index in [0.29, 0.717) is 31.4 Å². The number of rotatable bonds is 8. The maximum Gasteiger partial charge on any atom is 0.222 e.